The van der Waals surface area contributed by atoms with Gasteiger partial charge in [-0.1, -0.05) is 23.6 Å². The molecule has 0 aromatic heterocycles. The lowest BCUT2D eigenvalue weighted by molar-refractivity contribution is -0.200. The van der Waals surface area contributed by atoms with Crippen LogP contribution in [-0.4, -0.2) is 18.3 Å². The fraction of sp³-hybridized carbons (Fsp3) is 0.273. The van der Waals surface area contributed by atoms with E-state index in [1.807, 2.05) is 0 Å². The molecule has 0 aromatic rings. The number of alkyl halides is 3. The summed E-state index contributed by atoms with van der Waals surface area (Å²) in [5.74, 6) is 0.321. The van der Waals surface area contributed by atoms with Crippen LogP contribution in [0.5, 0.6) is 0 Å². The number of methoxy groups -OCH3 is 1. The third kappa shape index (κ3) is 9.07. The zero-order valence-electron chi connectivity index (χ0n) is 10.4. The number of rotatable bonds is 8. The van der Waals surface area contributed by atoms with Gasteiger partial charge in [-0.15, -0.1) is 0 Å². The molecule has 0 rings (SSSR count). The molecule has 0 heterocycles. The van der Waals surface area contributed by atoms with Crippen LogP contribution in [0.1, 0.15) is 6.42 Å². The van der Waals surface area contributed by atoms with E-state index in [0.717, 1.165) is 0 Å². The topological polar surface area (TPSA) is 63.8 Å². The SMILES string of the molecule is C=C/C(=C/C(=C)OC)C/C(C#N)=N/OOSC(F)(F)F. The molecule has 20 heavy (non-hydrogen) atoms. The maximum absolute atomic E-state index is 11.7. The molecule has 0 aliphatic carbocycles. The number of halogens is 3. The lowest BCUT2D eigenvalue weighted by Crippen LogP contribution is -2.02. The Bertz CT molecular complexity index is 453. The van der Waals surface area contributed by atoms with Crippen LogP contribution in [-0.2, 0) is 14.1 Å². The van der Waals surface area contributed by atoms with Gasteiger partial charge in [0, 0.05) is 6.42 Å². The fourth-order valence-corrected chi connectivity index (χ4v) is 0.985. The molecule has 0 saturated heterocycles. The van der Waals surface area contributed by atoms with Crippen LogP contribution >= 0.6 is 12.0 Å². The standard InChI is InChI=1S/C11H11F3N2O3S/c1-4-9(5-8(2)17-3)6-10(7-15)16-18-19-20-11(12,13)14/h4-5H,1-2,6H2,3H3/b9-5-,16-10-. The molecule has 0 atom stereocenters. The van der Waals surface area contributed by atoms with Crippen molar-refractivity contribution in [1.29, 1.82) is 5.26 Å². The summed E-state index contributed by atoms with van der Waals surface area (Å²) in [7, 11) is 1.41. The maximum Gasteiger partial charge on any atom is 0.472 e. The average Bonchev–Trinajstić information content (AvgIpc) is 2.39. The predicted molar refractivity (Wildman–Crippen MR) is 67.9 cm³/mol. The van der Waals surface area contributed by atoms with Gasteiger partial charge in [-0.2, -0.15) is 18.4 Å². The Morgan fingerprint density at radius 1 is 1.50 bits per heavy atom. The molecule has 5 nitrogen and oxygen atoms in total. The lowest BCUT2D eigenvalue weighted by atomic mass is 10.1. The number of oxime groups is 1. The van der Waals surface area contributed by atoms with Crippen molar-refractivity contribution in [2.45, 2.75) is 11.9 Å². The van der Waals surface area contributed by atoms with Gasteiger partial charge < -0.3 is 4.74 Å². The summed E-state index contributed by atoms with van der Waals surface area (Å²) in [4.78, 5) is 3.93. The number of hydrogen-bond donors (Lipinski definition) is 0. The van der Waals surface area contributed by atoms with E-state index in [1.165, 1.54) is 19.3 Å². The zero-order valence-corrected chi connectivity index (χ0v) is 11.3. The molecule has 9 heteroatoms. The summed E-state index contributed by atoms with van der Waals surface area (Å²) in [6, 6.07) is 1.65. The zero-order chi connectivity index (χ0) is 15.6. The number of nitriles is 1. The Hall–Kier alpha value is -1.92. The van der Waals surface area contributed by atoms with Gasteiger partial charge in [0.05, 0.1) is 7.11 Å². The Morgan fingerprint density at radius 2 is 2.15 bits per heavy atom. The highest BCUT2D eigenvalue weighted by molar-refractivity contribution is 7.95. The second kappa shape index (κ2) is 9.06. The van der Waals surface area contributed by atoms with Crippen molar-refractivity contribution < 1.29 is 27.2 Å². The van der Waals surface area contributed by atoms with Gasteiger partial charge in [-0.3, -0.25) is 0 Å². The molecule has 0 N–H and O–H groups in total. The van der Waals surface area contributed by atoms with E-state index in [1.54, 1.807) is 6.07 Å². The maximum atomic E-state index is 11.7. The molecule has 0 aromatic carbocycles. The van der Waals surface area contributed by atoms with E-state index in [2.05, 4.69) is 27.6 Å². The van der Waals surface area contributed by atoms with Crippen LogP contribution in [0.25, 0.3) is 0 Å². The van der Waals surface area contributed by atoms with Crippen LogP contribution in [0.4, 0.5) is 13.2 Å². The molecular weight excluding hydrogens is 297 g/mol. The molecule has 110 valence electrons. The van der Waals surface area contributed by atoms with Crippen LogP contribution in [0, 0.1) is 11.3 Å². The van der Waals surface area contributed by atoms with Crippen molar-refractivity contribution in [2.75, 3.05) is 7.11 Å². The van der Waals surface area contributed by atoms with Crippen molar-refractivity contribution in [3.05, 3.63) is 36.6 Å². The second-order valence-electron chi connectivity index (χ2n) is 3.09. The molecule has 0 spiro atoms. The summed E-state index contributed by atoms with van der Waals surface area (Å²) in [5.41, 5.74) is -4.31. The number of hydrogen-bond acceptors (Lipinski definition) is 6. The van der Waals surface area contributed by atoms with E-state index < -0.39 is 17.6 Å². The molecule has 0 aliphatic rings. The van der Waals surface area contributed by atoms with Crippen LogP contribution in [0.3, 0.4) is 0 Å². The highest BCUT2D eigenvalue weighted by Gasteiger charge is 2.31. The van der Waals surface area contributed by atoms with Gasteiger partial charge in [0.25, 0.3) is 0 Å². The van der Waals surface area contributed by atoms with E-state index in [4.69, 9.17) is 10.00 Å². The minimum absolute atomic E-state index is 0.0254. The largest absolute Gasteiger partial charge is 0.497 e. The Labute approximate surface area is 118 Å². The van der Waals surface area contributed by atoms with Gasteiger partial charge in [0.2, 0.25) is 0 Å². The summed E-state index contributed by atoms with van der Waals surface area (Å²) in [6.07, 6.45) is 2.88. The molecule has 0 bridgehead atoms. The first kappa shape index (κ1) is 18.1. The van der Waals surface area contributed by atoms with Gasteiger partial charge in [0.1, 0.15) is 11.8 Å². The number of nitrogens with zero attached hydrogens (tertiary/aromatic N) is 2. The monoisotopic (exact) mass is 308 g/mol. The van der Waals surface area contributed by atoms with Crippen LogP contribution < -0.4 is 0 Å². The van der Waals surface area contributed by atoms with Crippen molar-refractivity contribution in [3.8, 4) is 6.07 Å². The Morgan fingerprint density at radius 3 is 2.60 bits per heavy atom. The smallest absolute Gasteiger partial charge is 0.472 e. The van der Waals surface area contributed by atoms with Gasteiger partial charge in [-0.25, -0.2) is 4.99 Å². The normalized spacial score (nSPS) is 12.6. The van der Waals surface area contributed by atoms with Crippen LogP contribution in [0.15, 0.2) is 41.8 Å². The van der Waals surface area contributed by atoms with E-state index >= 15 is 0 Å². The second-order valence-corrected chi connectivity index (χ2v) is 3.86. The summed E-state index contributed by atoms with van der Waals surface area (Å²) >= 11 is -0.883. The average molecular weight is 308 g/mol. The third-order valence-electron chi connectivity index (χ3n) is 1.68. The molecule has 0 aliphatic heterocycles. The summed E-state index contributed by atoms with van der Waals surface area (Å²) in [5, 5.41) is 11.9. The predicted octanol–water partition coefficient (Wildman–Crippen LogP) is 3.64. The lowest BCUT2D eigenvalue weighted by Gasteiger charge is -2.03. The first-order chi connectivity index (χ1) is 9.32. The van der Waals surface area contributed by atoms with Crippen LogP contribution in [0.2, 0.25) is 0 Å². The number of allylic oxidation sites excluding steroid dienone is 3. The number of ether oxygens (including phenoxy) is 1. The van der Waals surface area contributed by atoms with Crippen molar-refractivity contribution in [2.24, 2.45) is 5.16 Å². The first-order valence-corrected chi connectivity index (χ1v) is 5.67. The molecule has 0 unspecified atom stereocenters. The van der Waals surface area contributed by atoms with Gasteiger partial charge in [-0.05, 0) is 16.8 Å². The highest BCUT2D eigenvalue weighted by atomic mass is 32.2. The summed E-state index contributed by atoms with van der Waals surface area (Å²) < 4.78 is 43.6. The Kier molecular flexibility index (Phi) is 8.19. The molecule has 0 fully saturated rings. The summed E-state index contributed by atoms with van der Waals surface area (Å²) in [6.45, 7) is 7.05. The van der Waals surface area contributed by atoms with E-state index in [9.17, 15) is 13.2 Å². The first-order valence-electron chi connectivity index (χ1n) is 4.93. The minimum atomic E-state index is -4.62. The van der Waals surface area contributed by atoms with Crippen molar-refractivity contribution >= 4 is 17.8 Å². The fourth-order valence-electron chi connectivity index (χ4n) is 0.847. The quantitative estimate of drug-likeness (QED) is 0.130. The molecule has 0 radical (unpaired) electrons. The van der Waals surface area contributed by atoms with Crippen molar-refractivity contribution in [1.82, 2.24) is 0 Å². The Balaban J connectivity index is 4.53. The highest BCUT2D eigenvalue weighted by Crippen LogP contribution is 2.30. The molecular formula is C11H11F3N2O3S. The van der Waals surface area contributed by atoms with E-state index in [-0.39, 0.29) is 12.1 Å². The molecule has 0 saturated carbocycles. The van der Waals surface area contributed by atoms with E-state index in [0.29, 0.717) is 11.3 Å². The van der Waals surface area contributed by atoms with Crippen molar-refractivity contribution in [3.63, 3.8) is 0 Å². The van der Waals surface area contributed by atoms with Gasteiger partial charge in [0.15, 0.2) is 17.8 Å². The minimum Gasteiger partial charge on any atom is -0.497 e. The third-order valence-corrected chi connectivity index (χ3v) is 2.00. The molecule has 0 amide bonds. The van der Waals surface area contributed by atoms with Gasteiger partial charge >= 0.3 is 5.51 Å².